The summed E-state index contributed by atoms with van der Waals surface area (Å²) in [7, 11) is 0. The number of rotatable bonds is 9. The average Bonchev–Trinajstić information content (AvgIpc) is 3.29. The zero-order valence-corrected chi connectivity index (χ0v) is 18.5. The van der Waals surface area contributed by atoms with E-state index in [2.05, 4.69) is 20.9 Å². The van der Waals surface area contributed by atoms with Crippen LogP contribution in [0.1, 0.15) is 31.9 Å². The molecule has 1 atom stereocenters. The molecule has 2 aromatic heterocycles. The molecule has 3 aromatic rings. The first kappa shape index (κ1) is 22.0. The van der Waals surface area contributed by atoms with Crippen molar-refractivity contribution in [1.29, 1.82) is 0 Å². The standard InChI is InChI=1S/C25H30N4O3/c1-2-31-23(30)25(13-18-32-22-10-4-3-5-11-22)12-7-16-28(20-25)19-21-9-6-17-29(21)24-26-14-8-15-27-24/h3-6,8-11,14-15,17H,2,7,12-13,16,18-20H2,1H3. The maximum Gasteiger partial charge on any atom is 0.313 e. The highest BCUT2D eigenvalue weighted by atomic mass is 16.5. The Morgan fingerprint density at radius 1 is 1.09 bits per heavy atom. The maximum absolute atomic E-state index is 13.1. The minimum atomic E-state index is -0.566. The van der Waals surface area contributed by atoms with Gasteiger partial charge in [0.2, 0.25) is 5.95 Å². The van der Waals surface area contributed by atoms with E-state index in [1.54, 1.807) is 12.4 Å². The van der Waals surface area contributed by atoms with Crippen molar-refractivity contribution < 1.29 is 14.3 Å². The molecule has 1 fully saturated rings. The van der Waals surface area contributed by atoms with Gasteiger partial charge in [-0.3, -0.25) is 14.3 Å². The molecule has 0 spiro atoms. The molecule has 1 saturated heterocycles. The molecule has 32 heavy (non-hydrogen) atoms. The number of likely N-dealkylation sites (tertiary alicyclic amines) is 1. The molecule has 4 rings (SSSR count). The number of hydrogen-bond acceptors (Lipinski definition) is 6. The minimum Gasteiger partial charge on any atom is -0.494 e. The molecule has 1 aliphatic rings. The van der Waals surface area contributed by atoms with E-state index in [1.165, 1.54) is 0 Å². The van der Waals surface area contributed by atoms with Crippen molar-refractivity contribution in [3.63, 3.8) is 0 Å². The fraction of sp³-hybridized carbons (Fsp3) is 0.400. The molecule has 1 aromatic carbocycles. The van der Waals surface area contributed by atoms with Gasteiger partial charge in [-0.2, -0.15) is 0 Å². The van der Waals surface area contributed by atoms with Gasteiger partial charge in [0.15, 0.2) is 0 Å². The number of carbonyl (C=O) groups excluding carboxylic acids is 1. The Morgan fingerprint density at radius 2 is 1.91 bits per heavy atom. The zero-order valence-electron chi connectivity index (χ0n) is 18.5. The summed E-state index contributed by atoms with van der Waals surface area (Å²) in [5.41, 5.74) is 0.528. The van der Waals surface area contributed by atoms with Gasteiger partial charge in [-0.25, -0.2) is 9.97 Å². The summed E-state index contributed by atoms with van der Waals surface area (Å²) in [6, 6.07) is 15.6. The Balaban J connectivity index is 1.47. The van der Waals surface area contributed by atoms with Crippen molar-refractivity contribution in [2.24, 2.45) is 5.41 Å². The van der Waals surface area contributed by atoms with Gasteiger partial charge in [0.25, 0.3) is 0 Å². The minimum absolute atomic E-state index is 0.122. The van der Waals surface area contributed by atoms with Crippen LogP contribution < -0.4 is 4.74 Å². The summed E-state index contributed by atoms with van der Waals surface area (Å²) in [6.45, 7) is 5.01. The van der Waals surface area contributed by atoms with Crippen LogP contribution in [-0.4, -0.2) is 51.7 Å². The van der Waals surface area contributed by atoms with Gasteiger partial charge in [-0.05, 0) is 63.1 Å². The lowest BCUT2D eigenvalue weighted by Gasteiger charge is -2.41. The van der Waals surface area contributed by atoms with Gasteiger partial charge in [0.05, 0.1) is 18.6 Å². The lowest BCUT2D eigenvalue weighted by molar-refractivity contribution is -0.160. The number of aromatic nitrogens is 3. The molecule has 7 heteroatoms. The third kappa shape index (κ3) is 5.16. The predicted molar refractivity (Wildman–Crippen MR) is 121 cm³/mol. The van der Waals surface area contributed by atoms with Crippen LogP contribution in [-0.2, 0) is 16.1 Å². The molecular weight excluding hydrogens is 404 g/mol. The second kappa shape index (κ2) is 10.4. The number of carbonyl (C=O) groups is 1. The predicted octanol–water partition coefficient (Wildman–Crippen LogP) is 3.88. The molecule has 0 radical (unpaired) electrons. The van der Waals surface area contributed by atoms with Gasteiger partial charge >= 0.3 is 5.97 Å². The van der Waals surface area contributed by atoms with Gasteiger partial charge in [-0.1, -0.05) is 18.2 Å². The molecule has 1 unspecified atom stereocenters. The highest BCUT2D eigenvalue weighted by molar-refractivity contribution is 5.77. The topological polar surface area (TPSA) is 69.5 Å². The monoisotopic (exact) mass is 434 g/mol. The van der Waals surface area contributed by atoms with E-state index >= 15 is 0 Å². The SMILES string of the molecule is CCOC(=O)C1(CCOc2ccccc2)CCCN(Cc2cccn2-c2ncccn2)C1. The number of nitrogens with zero attached hydrogens (tertiary/aromatic N) is 4. The van der Waals surface area contributed by atoms with Crippen LogP contribution in [0.15, 0.2) is 67.1 Å². The summed E-state index contributed by atoms with van der Waals surface area (Å²) in [6.07, 6.45) is 7.83. The molecule has 1 aliphatic heterocycles. The number of ether oxygens (including phenoxy) is 2. The van der Waals surface area contributed by atoms with Crippen LogP contribution in [0.2, 0.25) is 0 Å². The van der Waals surface area contributed by atoms with Crippen molar-refractivity contribution in [2.75, 3.05) is 26.3 Å². The van der Waals surface area contributed by atoms with E-state index in [0.29, 0.717) is 38.7 Å². The maximum atomic E-state index is 13.1. The lowest BCUT2D eigenvalue weighted by atomic mass is 9.77. The Bertz CT molecular complexity index is 993. The third-order valence-corrected chi connectivity index (χ3v) is 5.94. The van der Waals surface area contributed by atoms with E-state index in [1.807, 2.05) is 60.2 Å². The van der Waals surface area contributed by atoms with Crippen molar-refractivity contribution in [3.05, 3.63) is 72.8 Å². The first-order valence-corrected chi connectivity index (χ1v) is 11.2. The summed E-state index contributed by atoms with van der Waals surface area (Å²) >= 11 is 0. The molecule has 7 nitrogen and oxygen atoms in total. The van der Waals surface area contributed by atoms with Gasteiger partial charge in [0.1, 0.15) is 5.75 Å². The fourth-order valence-corrected chi connectivity index (χ4v) is 4.38. The third-order valence-electron chi connectivity index (χ3n) is 5.94. The van der Waals surface area contributed by atoms with Gasteiger partial charge in [-0.15, -0.1) is 0 Å². The van der Waals surface area contributed by atoms with E-state index in [0.717, 1.165) is 30.8 Å². The summed E-state index contributed by atoms with van der Waals surface area (Å²) < 4.78 is 13.5. The molecule has 0 amide bonds. The highest BCUT2D eigenvalue weighted by Gasteiger charge is 2.43. The lowest BCUT2D eigenvalue weighted by Crippen LogP contribution is -2.49. The van der Waals surface area contributed by atoms with Crippen LogP contribution in [0.3, 0.4) is 0 Å². The van der Waals surface area contributed by atoms with Crippen molar-refractivity contribution in [2.45, 2.75) is 32.7 Å². The Labute approximate surface area is 189 Å². The van der Waals surface area contributed by atoms with Crippen LogP contribution in [0.4, 0.5) is 0 Å². The van der Waals surface area contributed by atoms with Gasteiger partial charge in [0, 0.05) is 37.4 Å². The van der Waals surface area contributed by atoms with Gasteiger partial charge < -0.3 is 9.47 Å². The normalized spacial score (nSPS) is 18.9. The summed E-state index contributed by atoms with van der Waals surface area (Å²) in [4.78, 5) is 24.1. The first-order valence-electron chi connectivity index (χ1n) is 11.2. The zero-order chi connectivity index (χ0) is 22.2. The van der Waals surface area contributed by atoms with Crippen LogP contribution in [0.25, 0.3) is 5.95 Å². The second-order valence-corrected chi connectivity index (χ2v) is 8.14. The van der Waals surface area contributed by atoms with Crippen LogP contribution >= 0.6 is 0 Å². The quantitative estimate of drug-likeness (QED) is 0.476. The Hall–Kier alpha value is -3.19. The molecule has 0 bridgehead atoms. The van der Waals surface area contributed by atoms with Crippen molar-refractivity contribution in [1.82, 2.24) is 19.4 Å². The molecule has 168 valence electrons. The molecule has 0 N–H and O–H groups in total. The largest absolute Gasteiger partial charge is 0.494 e. The van der Waals surface area contributed by atoms with E-state index in [4.69, 9.17) is 9.47 Å². The fourth-order valence-electron chi connectivity index (χ4n) is 4.38. The number of benzene rings is 1. The highest BCUT2D eigenvalue weighted by Crippen LogP contribution is 2.36. The second-order valence-electron chi connectivity index (χ2n) is 8.14. The Kier molecular flexibility index (Phi) is 7.17. The summed E-state index contributed by atoms with van der Waals surface area (Å²) in [5, 5.41) is 0. The molecular formula is C25H30N4O3. The van der Waals surface area contributed by atoms with Crippen molar-refractivity contribution in [3.8, 4) is 11.7 Å². The molecule has 0 saturated carbocycles. The Morgan fingerprint density at radius 3 is 2.69 bits per heavy atom. The van der Waals surface area contributed by atoms with Crippen molar-refractivity contribution >= 4 is 5.97 Å². The molecule has 0 aliphatic carbocycles. The number of para-hydroxylation sites is 1. The average molecular weight is 435 g/mol. The number of esters is 1. The molecule has 3 heterocycles. The van der Waals surface area contributed by atoms with E-state index in [-0.39, 0.29) is 5.97 Å². The van der Waals surface area contributed by atoms with Crippen LogP contribution in [0.5, 0.6) is 5.75 Å². The first-order chi connectivity index (χ1) is 15.7. The number of hydrogen-bond donors (Lipinski definition) is 0. The number of piperidine rings is 1. The summed E-state index contributed by atoms with van der Waals surface area (Å²) in [5.74, 6) is 1.35. The van der Waals surface area contributed by atoms with E-state index in [9.17, 15) is 4.79 Å². The van der Waals surface area contributed by atoms with E-state index < -0.39 is 5.41 Å². The smallest absolute Gasteiger partial charge is 0.313 e. The van der Waals surface area contributed by atoms with Crippen LogP contribution in [0, 0.1) is 5.41 Å².